The predicted molar refractivity (Wildman–Crippen MR) is 68.5 cm³/mol. The van der Waals surface area contributed by atoms with Gasteiger partial charge in [-0.1, -0.05) is 24.9 Å². The van der Waals surface area contributed by atoms with Gasteiger partial charge in [0, 0.05) is 18.7 Å². The van der Waals surface area contributed by atoms with Crippen molar-refractivity contribution in [2.24, 2.45) is 0 Å². The van der Waals surface area contributed by atoms with E-state index in [4.69, 9.17) is 11.6 Å². The molecule has 1 aliphatic rings. The van der Waals surface area contributed by atoms with Gasteiger partial charge < -0.3 is 10.0 Å². The van der Waals surface area contributed by atoms with E-state index in [1.807, 2.05) is 6.92 Å². The van der Waals surface area contributed by atoms with Crippen LogP contribution in [0.3, 0.4) is 0 Å². The van der Waals surface area contributed by atoms with Gasteiger partial charge >= 0.3 is 0 Å². The fourth-order valence-electron chi connectivity index (χ4n) is 2.25. The maximum absolute atomic E-state index is 10.00. The number of rotatable bonds is 3. The first kappa shape index (κ1) is 12.6. The lowest BCUT2D eigenvalue weighted by Crippen LogP contribution is -2.30. The second-order valence-electron chi connectivity index (χ2n) is 4.89. The van der Waals surface area contributed by atoms with Gasteiger partial charge in [0.2, 0.25) is 0 Å². The zero-order valence-corrected chi connectivity index (χ0v) is 11.0. The Hall–Kier alpha value is -0.870. The molecule has 1 aliphatic heterocycles. The molecule has 0 amide bonds. The van der Waals surface area contributed by atoms with Gasteiger partial charge in [-0.25, -0.2) is 9.97 Å². The van der Waals surface area contributed by atoms with Gasteiger partial charge in [-0.15, -0.1) is 0 Å². The highest BCUT2D eigenvalue weighted by Crippen LogP contribution is 2.30. The molecule has 4 nitrogen and oxygen atoms in total. The first-order valence-corrected chi connectivity index (χ1v) is 6.38. The Bertz CT molecular complexity index is 409. The fraction of sp³-hybridized carbons (Fsp3) is 0.667. The highest BCUT2D eigenvalue weighted by atomic mass is 35.5. The van der Waals surface area contributed by atoms with Crippen LogP contribution < -0.4 is 4.90 Å². The summed E-state index contributed by atoms with van der Waals surface area (Å²) in [4.78, 5) is 10.5. The molecule has 17 heavy (non-hydrogen) atoms. The number of nitrogens with zero attached hydrogens (tertiary/aromatic N) is 3. The second-order valence-corrected chi connectivity index (χ2v) is 5.24. The molecule has 1 unspecified atom stereocenters. The highest BCUT2D eigenvalue weighted by molar-refractivity contribution is 6.30. The average Bonchev–Trinajstić information content (AvgIpc) is 2.62. The molecule has 0 radical (unpaired) electrons. The van der Waals surface area contributed by atoms with Crippen LogP contribution in [0, 0.1) is 0 Å². The van der Waals surface area contributed by atoms with Crippen molar-refractivity contribution in [2.45, 2.75) is 38.7 Å². The van der Waals surface area contributed by atoms with Gasteiger partial charge in [-0.05, 0) is 19.8 Å². The molecule has 1 aromatic rings. The van der Waals surface area contributed by atoms with Gasteiger partial charge in [-0.3, -0.25) is 0 Å². The summed E-state index contributed by atoms with van der Waals surface area (Å²) >= 11 is 6.12. The topological polar surface area (TPSA) is 49.2 Å². The van der Waals surface area contributed by atoms with Crippen molar-refractivity contribution in [1.29, 1.82) is 0 Å². The number of anilines is 1. The minimum atomic E-state index is -0.624. The molecule has 94 valence electrons. The molecule has 1 aromatic heterocycles. The van der Waals surface area contributed by atoms with Crippen LogP contribution in [0.15, 0.2) is 6.33 Å². The summed E-state index contributed by atoms with van der Waals surface area (Å²) in [5.74, 6) is 0.879. The van der Waals surface area contributed by atoms with Crippen molar-refractivity contribution in [3.63, 3.8) is 0 Å². The molecular weight excluding hydrogens is 238 g/mol. The lowest BCUT2D eigenvalue weighted by Gasteiger charge is -2.22. The SMILES string of the molecule is CCCc1c(Cl)ncnc1N1CCC(C)(O)C1. The standard InChI is InChI=1S/C12H18ClN3O/c1-3-4-9-10(13)14-8-15-11(9)16-6-5-12(2,17)7-16/h8,17H,3-7H2,1-2H3. The Balaban J connectivity index is 2.29. The number of aromatic nitrogens is 2. The smallest absolute Gasteiger partial charge is 0.137 e. The van der Waals surface area contributed by atoms with Gasteiger partial charge in [0.15, 0.2) is 0 Å². The molecule has 1 atom stereocenters. The van der Waals surface area contributed by atoms with Crippen LogP contribution in [0.1, 0.15) is 32.3 Å². The number of hydrogen-bond acceptors (Lipinski definition) is 4. The van der Waals surface area contributed by atoms with Gasteiger partial charge in [-0.2, -0.15) is 0 Å². The molecule has 2 heterocycles. The van der Waals surface area contributed by atoms with Gasteiger partial charge in [0.25, 0.3) is 0 Å². The fourth-order valence-corrected chi connectivity index (χ4v) is 2.47. The van der Waals surface area contributed by atoms with E-state index in [1.54, 1.807) is 0 Å². The minimum absolute atomic E-state index is 0.531. The summed E-state index contributed by atoms with van der Waals surface area (Å²) in [6, 6.07) is 0. The van der Waals surface area contributed by atoms with E-state index in [0.717, 1.165) is 37.2 Å². The first-order chi connectivity index (χ1) is 8.03. The average molecular weight is 256 g/mol. The number of aliphatic hydroxyl groups is 1. The summed E-state index contributed by atoms with van der Waals surface area (Å²) < 4.78 is 0. The number of β-amino-alcohol motifs (C(OH)–C–C–N with tert-alkyl or cyclic N) is 1. The largest absolute Gasteiger partial charge is 0.388 e. The third kappa shape index (κ3) is 2.69. The number of hydrogen-bond donors (Lipinski definition) is 1. The van der Waals surface area contributed by atoms with Crippen molar-refractivity contribution in [1.82, 2.24) is 9.97 Å². The van der Waals surface area contributed by atoms with E-state index >= 15 is 0 Å². The highest BCUT2D eigenvalue weighted by Gasteiger charge is 2.33. The summed E-state index contributed by atoms with van der Waals surface area (Å²) in [5.41, 5.74) is 0.371. The van der Waals surface area contributed by atoms with E-state index < -0.39 is 5.60 Å². The van der Waals surface area contributed by atoms with Crippen LogP contribution in [0.2, 0.25) is 5.15 Å². The Labute approximate surface area is 107 Å². The molecule has 0 saturated carbocycles. The van der Waals surface area contributed by atoms with Crippen molar-refractivity contribution in [2.75, 3.05) is 18.0 Å². The molecule has 0 aliphatic carbocycles. The molecule has 0 aromatic carbocycles. The van der Waals surface area contributed by atoms with E-state index in [2.05, 4.69) is 21.8 Å². The normalized spacial score (nSPS) is 24.4. The molecule has 0 spiro atoms. The molecule has 1 fully saturated rings. The first-order valence-electron chi connectivity index (χ1n) is 6.00. The molecular formula is C12H18ClN3O. The van der Waals surface area contributed by atoms with E-state index in [-0.39, 0.29) is 0 Å². The van der Waals surface area contributed by atoms with Crippen molar-refractivity contribution in [3.8, 4) is 0 Å². The zero-order valence-electron chi connectivity index (χ0n) is 10.3. The second kappa shape index (κ2) is 4.78. The lowest BCUT2D eigenvalue weighted by atomic mass is 10.1. The Morgan fingerprint density at radius 3 is 2.88 bits per heavy atom. The monoisotopic (exact) mass is 255 g/mol. The summed E-state index contributed by atoms with van der Waals surface area (Å²) in [5, 5.41) is 10.5. The Morgan fingerprint density at radius 2 is 2.29 bits per heavy atom. The van der Waals surface area contributed by atoms with Gasteiger partial charge in [0.1, 0.15) is 17.3 Å². The Morgan fingerprint density at radius 1 is 1.53 bits per heavy atom. The van der Waals surface area contributed by atoms with Crippen molar-refractivity contribution < 1.29 is 5.11 Å². The van der Waals surface area contributed by atoms with Gasteiger partial charge in [0.05, 0.1) is 5.60 Å². The quantitative estimate of drug-likeness (QED) is 0.840. The van der Waals surface area contributed by atoms with Crippen LogP contribution in [0.5, 0.6) is 0 Å². The summed E-state index contributed by atoms with van der Waals surface area (Å²) in [6.45, 7) is 5.39. The van der Waals surface area contributed by atoms with E-state index in [9.17, 15) is 5.11 Å². The number of halogens is 1. The maximum atomic E-state index is 10.00. The Kier molecular flexibility index (Phi) is 3.54. The van der Waals surface area contributed by atoms with Crippen LogP contribution >= 0.6 is 11.6 Å². The molecule has 0 bridgehead atoms. The maximum Gasteiger partial charge on any atom is 0.137 e. The summed E-state index contributed by atoms with van der Waals surface area (Å²) in [7, 11) is 0. The lowest BCUT2D eigenvalue weighted by molar-refractivity contribution is 0.0839. The molecule has 1 N–H and O–H groups in total. The molecule has 1 saturated heterocycles. The third-order valence-electron chi connectivity index (χ3n) is 3.12. The van der Waals surface area contributed by atoms with Crippen LogP contribution in [-0.2, 0) is 6.42 Å². The van der Waals surface area contributed by atoms with Crippen LogP contribution in [0.4, 0.5) is 5.82 Å². The van der Waals surface area contributed by atoms with Crippen LogP contribution in [-0.4, -0.2) is 33.8 Å². The van der Waals surface area contributed by atoms with Crippen LogP contribution in [0.25, 0.3) is 0 Å². The van der Waals surface area contributed by atoms with Crippen molar-refractivity contribution in [3.05, 3.63) is 17.0 Å². The predicted octanol–water partition coefficient (Wildman–Crippen LogP) is 2.04. The van der Waals surface area contributed by atoms with Crippen molar-refractivity contribution >= 4 is 17.4 Å². The minimum Gasteiger partial charge on any atom is -0.388 e. The summed E-state index contributed by atoms with van der Waals surface area (Å²) in [6.07, 6.45) is 4.13. The van der Waals surface area contributed by atoms with E-state index in [0.29, 0.717) is 11.7 Å². The van der Waals surface area contributed by atoms with E-state index in [1.165, 1.54) is 6.33 Å². The third-order valence-corrected chi connectivity index (χ3v) is 3.45. The molecule has 2 rings (SSSR count). The molecule has 5 heteroatoms. The zero-order chi connectivity index (χ0) is 12.5.